The Balaban J connectivity index is 1.37. The van der Waals surface area contributed by atoms with Gasteiger partial charge in [-0.15, -0.1) is 0 Å². The molecule has 170 valence electrons. The van der Waals surface area contributed by atoms with Crippen molar-refractivity contribution in [3.63, 3.8) is 0 Å². The van der Waals surface area contributed by atoms with Gasteiger partial charge in [-0.2, -0.15) is 0 Å². The van der Waals surface area contributed by atoms with Gasteiger partial charge < -0.3 is 19.9 Å². The lowest BCUT2D eigenvalue weighted by molar-refractivity contribution is -0.125. The lowest BCUT2D eigenvalue weighted by Crippen LogP contribution is -2.61. The van der Waals surface area contributed by atoms with Crippen LogP contribution < -0.4 is 19.9 Å². The molecule has 0 aliphatic carbocycles. The van der Waals surface area contributed by atoms with Gasteiger partial charge in [0.05, 0.1) is 19.1 Å². The van der Waals surface area contributed by atoms with Gasteiger partial charge in [0.25, 0.3) is 0 Å². The van der Waals surface area contributed by atoms with Crippen molar-refractivity contribution in [2.45, 2.75) is 18.9 Å². The van der Waals surface area contributed by atoms with E-state index in [4.69, 9.17) is 4.74 Å². The predicted molar refractivity (Wildman–Crippen MR) is 133 cm³/mol. The fourth-order valence-electron chi connectivity index (χ4n) is 5.18. The van der Waals surface area contributed by atoms with Crippen LogP contribution in [0.1, 0.15) is 11.1 Å². The van der Waals surface area contributed by atoms with E-state index in [-0.39, 0.29) is 17.9 Å². The molecule has 5 rings (SSSR count). The number of fused-ring (bicyclic) bond motifs is 3. The monoisotopic (exact) mass is 441 g/mol. The smallest absolute Gasteiger partial charge is 0.225 e. The first kappa shape index (κ1) is 21.4. The summed E-state index contributed by atoms with van der Waals surface area (Å²) in [6.07, 6.45) is 1.60. The first-order valence-corrected chi connectivity index (χ1v) is 11.8. The van der Waals surface area contributed by atoms with Crippen LogP contribution in [0.3, 0.4) is 0 Å². The van der Waals surface area contributed by atoms with Gasteiger partial charge >= 0.3 is 0 Å². The van der Waals surface area contributed by atoms with Crippen LogP contribution >= 0.6 is 0 Å². The molecule has 0 saturated carbocycles. The van der Waals surface area contributed by atoms with Crippen LogP contribution in [0.5, 0.6) is 5.75 Å². The first-order valence-electron chi connectivity index (χ1n) is 11.8. The SMILES string of the molecule is COc1ccc2c(c1)N1CCN(c3ccccc3)C[C@H]1[C@@H](C(=O)NCCc1ccccc1)C2. The van der Waals surface area contributed by atoms with E-state index in [9.17, 15) is 4.79 Å². The number of nitrogens with one attached hydrogen (secondary N) is 1. The summed E-state index contributed by atoms with van der Waals surface area (Å²) in [4.78, 5) is 18.3. The number of para-hydroxylation sites is 1. The Morgan fingerprint density at radius 3 is 2.52 bits per heavy atom. The maximum absolute atomic E-state index is 13.4. The molecule has 0 aromatic heterocycles. The summed E-state index contributed by atoms with van der Waals surface area (Å²) in [7, 11) is 1.71. The maximum atomic E-state index is 13.4. The summed E-state index contributed by atoms with van der Waals surface area (Å²) in [6.45, 7) is 3.30. The number of rotatable bonds is 6. The number of hydrogen-bond donors (Lipinski definition) is 1. The van der Waals surface area contributed by atoms with Crippen LogP contribution in [-0.2, 0) is 17.6 Å². The average molecular weight is 442 g/mol. The summed E-state index contributed by atoms with van der Waals surface area (Å²) < 4.78 is 5.50. The fraction of sp³-hybridized carbons (Fsp3) is 0.321. The summed E-state index contributed by atoms with van der Waals surface area (Å²) >= 11 is 0. The van der Waals surface area contributed by atoms with E-state index in [2.05, 4.69) is 63.6 Å². The van der Waals surface area contributed by atoms with Crippen molar-refractivity contribution in [3.05, 3.63) is 90.0 Å². The molecule has 2 aliphatic heterocycles. The highest BCUT2D eigenvalue weighted by Crippen LogP contribution is 2.38. The van der Waals surface area contributed by atoms with Gasteiger partial charge in [-0.25, -0.2) is 0 Å². The van der Waals surface area contributed by atoms with E-state index in [0.717, 1.165) is 38.2 Å². The molecule has 0 bridgehead atoms. The van der Waals surface area contributed by atoms with E-state index in [1.54, 1.807) is 7.11 Å². The molecular weight excluding hydrogens is 410 g/mol. The summed E-state index contributed by atoms with van der Waals surface area (Å²) in [5, 5.41) is 3.23. The van der Waals surface area contributed by atoms with Crippen LogP contribution in [0.15, 0.2) is 78.9 Å². The van der Waals surface area contributed by atoms with Gasteiger partial charge in [0.2, 0.25) is 5.91 Å². The molecule has 2 aliphatic rings. The molecule has 1 amide bonds. The molecule has 3 aromatic carbocycles. The topological polar surface area (TPSA) is 44.8 Å². The highest BCUT2D eigenvalue weighted by atomic mass is 16.5. The van der Waals surface area contributed by atoms with Crippen LogP contribution in [0.25, 0.3) is 0 Å². The third-order valence-corrected chi connectivity index (χ3v) is 6.94. The van der Waals surface area contributed by atoms with Crippen molar-refractivity contribution in [2.75, 3.05) is 43.1 Å². The van der Waals surface area contributed by atoms with Crippen LogP contribution in [0.4, 0.5) is 11.4 Å². The summed E-state index contributed by atoms with van der Waals surface area (Å²) in [6, 6.07) is 27.2. The van der Waals surface area contributed by atoms with E-state index in [0.29, 0.717) is 6.54 Å². The Labute approximate surface area is 196 Å². The molecule has 1 N–H and O–H groups in total. The largest absolute Gasteiger partial charge is 0.497 e. The van der Waals surface area contributed by atoms with Gasteiger partial charge in [0, 0.05) is 43.6 Å². The van der Waals surface area contributed by atoms with Gasteiger partial charge in [-0.1, -0.05) is 54.6 Å². The molecule has 0 radical (unpaired) electrons. The minimum absolute atomic E-state index is 0.0896. The molecule has 0 unspecified atom stereocenters. The zero-order valence-corrected chi connectivity index (χ0v) is 19.1. The van der Waals surface area contributed by atoms with Crippen molar-refractivity contribution >= 4 is 17.3 Å². The number of piperazine rings is 1. The molecule has 0 spiro atoms. The molecule has 33 heavy (non-hydrogen) atoms. The van der Waals surface area contributed by atoms with Gasteiger partial charge in [-0.3, -0.25) is 4.79 Å². The van der Waals surface area contributed by atoms with E-state index in [1.807, 2.05) is 30.3 Å². The Bertz CT molecular complexity index is 1090. The Morgan fingerprint density at radius 1 is 1.00 bits per heavy atom. The molecule has 2 heterocycles. The number of benzene rings is 3. The standard InChI is InChI=1S/C28H31N3O2/c1-33-24-13-12-22-18-25(28(32)29-15-14-21-8-4-2-5-9-21)27-20-30(23-10-6-3-7-11-23)16-17-31(27)26(22)19-24/h2-13,19,25,27H,14-18,20H2,1H3,(H,29,32)/t25-,27-/m0/s1. The lowest BCUT2D eigenvalue weighted by Gasteiger charge is -2.49. The second kappa shape index (κ2) is 9.57. The number of methoxy groups -OCH3 is 1. The molecule has 2 atom stereocenters. The van der Waals surface area contributed by atoms with Crippen LogP contribution in [-0.4, -0.2) is 45.2 Å². The second-order valence-corrected chi connectivity index (χ2v) is 8.87. The normalized spacial score (nSPS) is 19.4. The van der Waals surface area contributed by atoms with Gasteiger partial charge in [-0.05, 0) is 42.2 Å². The highest BCUT2D eigenvalue weighted by Gasteiger charge is 2.41. The van der Waals surface area contributed by atoms with Crippen molar-refractivity contribution < 1.29 is 9.53 Å². The number of hydrogen-bond acceptors (Lipinski definition) is 4. The van der Waals surface area contributed by atoms with Crippen molar-refractivity contribution in [3.8, 4) is 5.75 Å². The van der Waals surface area contributed by atoms with Crippen molar-refractivity contribution in [1.82, 2.24) is 5.32 Å². The highest BCUT2D eigenvalue weighted by molar-refractivity contribution is 5.82. The van der Waals surface area contributed by atoms with Gasteiger partial charge in [0.15, 0.2) is 0 Å². The van der Waals surface area contributed by atoms with Crippen LogP contribution in [0, 0.1) is 5.92 Å². The minimum Gasteiger partial charge on any atom is -0.497 e. The molecule has 5 heteroatoms. The van der Waals surface area contributed by atoms with E-state index >= 15 is 0 Å². The zero-order chi connectivity index (χ0) is 22.6. The molecular formula is C28H31N3O2. The predicted octanol–water partition coefficient (Wildman–Crippen LogP) is 3.92. The number of nitrogens with zero attached hydrogens (tertiary/aromatic N) is 2. The lowest BCUT2D eigenvalue weighted by atomic mass is 9.83. The van der Waals surface area contributed by atoms with Crippen molar-refractivity contribution in [2.24, 2.45) is 5.92 Å². The first-order chi connectivity index (χ1) is 16.2. The quantitative estimate of drug-likeness (QED) is 0.630. The fourth-order valence-corrected chi connectivity index (χ4v) is 5.18. The third kappa shape index (κ3) is 4.54. The number of ether oxygens (including phenoxy) is 1. The van der Waals surface area contributed by atoms with Crippen molar-refractivity contribution in [1.29, 1.82) is 0 Å². The van der Waals surface area contributed by atoms with Crippen LogP contribution in [0.2, 0.25) is 0 Å². The third-order valence-electron chi connectivity index (χ3n) is 6.94. The summed E-state index contributed by atoms with van der Waals surface area (Å²) in [5.41, 5.74) is 4.90. The Hall–Kier alpha value is -3.47. The Morgan fingerprint density at radius 2 is 1.76 bits per heavy atom. The zero-order valence-electron chi connectivity index (χ0n) is 19.1. The molecule has 1 fully saturated rings. The Kier molecular flexibility index (Phi) is 6.20. The number of carbonyl (C=O) groups excluding carboxylic acids is 1. The number of anilines is 2. The minimum atomic E-state index is -0.0896. The summed E-state index contributed by atoms with van der Waals surface area (Å²) in [5.74, 6) is 0.925. The molecule has 5 nitrogen and oxygen atoms in total. The maximum Gasteiger partial charge on any atom is 0.225 e. The van der Waals surface area contributed by atoms with E-state index in [1.165, 1.54) is 22.5 Å². The second-order valence-electron chi connectivity index (χ2n) is 8.87. The van der Waals surface area contributed by atoms with E-state index < -0.39 is 0 Å². The molecule has 3 aromatic rings. The number of amides is 1. The van der Waals surface area contributed by atoms with Gasteiger partial charge in [0.1, 0.15) is 5.75 Å². The average Bonchev–Trinajstić information content (AvgIpc) is 2.88. The molecule has 1 saturated heterocycles. The number of carbonyl (C=O) groups is 1.